The summed E-state index contributed by atoms with van der Waals surface area (Å²) in [6.07, 6.45) is 5.69. The topological polar surface area (TPSA) is 27.6 Å². The highest BCUT2D eigenvalue weighted by Crippen LogP contribution is 2.47. The van der Waals surface area contributed by atoms with Gasteiger partial charge in [0.2, 0.25) is 0 Å². The van der Waals surface area contributed by atoms with Crippen molar-refractivity contribution in [3.63, 3.8) is 0 Å². The van der Waals surface area contributed by atoms with E-state index in [-0.39, 0.29) is 5.82 Å². The number of rotatable bonds is 3. The molecule has 1 aromatic carbocycles. The number of hydrogen-bond donors (Lipinski definition) is 1. The summed E-state index contributed by atoms with van der Waals surface area (Å²) in [6, 6.07) is 3.59. The number of hydrogen-bond acceptors (Lipinski definition) is 1. The molecule has 1 spiro atoms. The molecule has 0 radical (unpaired) electrons. The van der Waals surface area contributed by atoms with E-state index >= 15 is 0 Å². The van der Waals surface area contributed by atoms with E-state index in [9.17, 15) is 8.78 Å². The van der Waals surface area contributed by atoms with Crippen LogP contribution in [0.5, 0.6) is 0 Å². The average molecular weight is 307 g/mol. The van der Waals surface area contributed by atoms with Crippen LogP contribution in [0, 0.1) is 17.0 Å². The van der Waals surface area contributed by atoms with E-state index in [0.717, 1.165) is 25.1 Å². The van der Waals surface area contributed by atoms with E-state index in [1.165, 1.54) is 37.8 Å². The van der Waals surface area contributed by atoms with Gasteiger partial charge in [-0.2, -0.15) is 0 Å². The highest BCUT2D eigenvalue weighted by molar-refractivity contribution is 5.80. The van der Waals surface area contributed by atoms with Crippen LogP contribution in [0.3, 0.4) is 0 Å². The number of benzene rings is 1. The van der Waals surface area contributed by atoms with Crippen LogP contribution in [0.2, 0.25) is 0 Å². The smallest absolute Gasteiger partial charge is 0.193 e. The molecular formula is C17H23F2N3. The van der Waals surface area contributed by atoms with Crippen molar-refractivity contribution in [2.75, 3.05) is 26.7 Å². The van der Waals surface area contributed by atoms with Gasteiger partial charge in [-0.1, -0.05) is 6.42 Å². The molecule has 1 aromatic rings. The summed E-state index contributed by atoms with van der Waals surface area (Å²) in [5.74, 6) is 0.126. The van der Waals surface area contributed by atoms with Gasteiger partial charge in [0.1, 0.15) is 11.6 Å². The summed E-state index contributed by atoms with van der Waals surface area (Å²) < 4.78 is 26.8. The molecule has 3 rings (SSSR count). The van der Waals surface area contributed by atoms with E-state index in [0.29, 0.717) is 23.9 Å². The zero-order valence-electron chi connectivity index (χ0n) is 13.0. The van der Waals surface area contributed by atoms with Gasteiger partial charge in [0.05, 0.1) is 0 Å². The van der Waals surface area contributed by atoms with Gasteiger partial charge in [-0.25, -0.2) is 8.78 Å². The Balaban J connectivity index is 1.52. The number of halogens is 2. The van der Waals surface area contributed by atoms with Gasteiger partial charge in [0, 0.05) is 26.7 Å². The van der Waals surface area contributed by atoms with Gasteiger partial charge in [-0.3, -0.25) is 4.99 Å². The minimum absolute atomic E-state index is 0.354. The fourth-order valence-corrected chi connectivity index (χ4v) is 3.58. The minimum Gasteiger partial charge on any atom is -0.356 e. The minimum atomic E-state index is -0.396. The quantitative estimate of drug-likeness (QED) is 0.687. The Bertz CT molecular complexity index is 567. The summed E-state index contributed by atoms with van der Waals surface area (Å²) in [4.78, 5) is 6.62. The standard InChI is InChI=1S/C17H23F2N3/c1-20-16(22-10-8-17(12-22)6-2-7-17)21-9-5-13-11-14(18)3-4-15(13)19/h3-4,11H,2,5-10,12H2,1H3,(H,20,21). The van der Waals surface area contributed by atoms with Gasteiger partial charge < -0.3 is 10.2 Å². The first kappa shape index (κ1) is 15.3. The second-order valence-corrected chi connectivity index (χ2v) is 6.48. The first-order valence-corrected chi connectivity index (χ1v) is 8.01. The summed E-state index contributed by atoms with van der Waals surface area (Å²) >= 11 is 0. The van der Waals surface area contributed by atoms with Crippen LogP contribution in [0.25, 0.3) is 0 Å². The molecule has 22 heavy (non-hydrogen) atoms. The summed E-state index contributed by atoms with van der Waals surface area (Å²) in [5, 5.41) is 3.28. The lowest BCUT2D eigenvalue weighted by atomic mass is 9.68. The number of aliphatic imine (C=N–C) groups is 1. The molecule has 1 heterocycles. The van der Waals surface area contributed by atoms with Crippen molar-refractivity contribution < 1.29 is 8.78 Å². The van der Waals surface area contributed by atoms with Crippen LogP contribution in [-0.4, -0.2) is 37.5 Å². The van der Waals surface area contributed by atoms with Gasteiger partial charge in [-0.05, 0) is 54.9 Å². The second kappa shape index (κ2) is 6.23. The van der Waals surface area contributed by atoms with Crippen molar-refractivity contribution in [2.45, 2.75) is 32.1 Å². The Labute approximate surface area is 130 Å². The average Bonchev–Trinajstić information content (AvgIpc) is 2.92. The normalized spacial score (nSPS) is 20.3. The number of nitrogens with one attached hydrogen (secondary N) is 1. The highest BCUT2D eigenvalue weighted by atomic mass is 19.1. The van der Waals surface area contributed by atoms with Crippen LogP contribution in [-0.2, 0) is 6.42 Å². The SMILES string of the molecule is CN=C(NCCc1cc(F)ccc1F)N1CCC2(CCC2)C1. The highest BCUT2D eigenvalue weighted by Gasteiger charge is 2.43. The van der Waals surface area contributed by atoms with Crippen molar-refractivity contribution in [3.8, 4) is 0 Å². The van der Waals surface area contributed by atoms with Crippen LogP contribution in [0.1, 0.15) is 31.2 Å². The van der Waals surface area contributed by atoms with Crippen LogP contribution < -0.4 is 5.32 Å². The first-order chi connectivity index (χ1) is 10.6. The Kier molecular flexibility index (Phi) is 4.32. The monoisotopic (exact) mass is 307 g/mol. The Hall–Kier alpha value is -1.65. The van der Waals surface area contributed by atoms with Crippen LogP contribution in [0.4, 0.5) is 8.78 Å². The predicted molar refractivity (Wildman–Crippen MR) is 83.9 cm³/mol. The van der Waals surface area contributed by atoms with E-state index in [1.807, 2.05) is 0 Å². The number of nitrogens with zero attached hydrogens (tertiary/aromatic N) is 2. The molecule has 1 aliphatic heterocycles. The lowest BCUT2D eigenvalue weighted by Gasteiger charge is -2.38. The summed E-state index contributed by atoms with van der Waals surface area (Å²) in [5.41, 5.74) is 0.923. The molecule has 0 aromatic heterocycles. The molecule has 0 atom stereocenters. The van der Waals surface area contributed by atoms with Crippen molar-refractivity contribution in [3.05, 3.63) is 35.4 Å². The maximum absolute atomic E-state index is 13.6. The van der Waals surface area contributed by atoms with Crippen molar-refractivity contribution >= 4 is 5.96 Å². The van der Waals surface area contributed by atoms with Gasteiger partial charge >= 0.3 is 0 Å². The second-order valence-electron chi connectivity index (χ2n) is 6.48. The number of guanidine groups is 1. The first-order valence-electron chi connectivity index (χ1n) is 8.01. The molecule has 0 amide bonds. The summed E-state index contributed by atoms with van der Waals surface area (Å²) in [6.45, 7) is 2.66. The van der Waals surface area contributed by atoms with Crippen LogP contribution >= 0.6 is 0 Å². The van der Waals surface area contributed by atoms with Crippen molar-refractivity contribution in [1.82, 2.24) is 10.2 Å². The molecule has 2 fully saturated rings. The maximum Gasteiger partial charge on any atom is 0.193 e. The molecular weight excluding hydrogens is 284 g/mol. The van der Waals surface area contributed by atoms with Crippen molar-refractivity contribution in [2.24, 2.45) is 10.4 Å². The Morgan fingerprint density at radius 2 is 2.14 bits per heavy atom. The molecule has 1 aliphatic carbocycles. The third-order valence-corrected chi connectivity index (χ3v) is 5.05. The fraction of sp³-hybridized carbons (Fsp3) is 0.588. The van der Waals surface area contributed by atoms with E-state index in [2.05, 4.69) is 15.2 Å². The molecule has 5 heteroatoms. The van der Waals surface area contributed by atoms with Crippen LogP contribution in [0.15, 0.2) is 23.2 Å². The molecule has 0 bridgehead atoms. The lowest BCUT2D eigenvalue weighted by Crippen LogP contribution is -2.43. The molecule has 0 unspecified atom stereocenters. The molecule has 1 saturated carbocycles. The van der Waals surface area contributed by atoms with E-state index in [1.54, 1.807) is 7.05 Å². The maximum atomic E-state index is 13.6. The molecule has 2 aliphatic rings. The fourth-order valence-electron chi connectivity index (χ4n) is 3.58. The van der Waals surface area contributed by atoms with Gasteiger partial charge in [0.15, 0.2) is 5.96 Å². The Morgan fingerprint density at radius 3 is 2.77 bits per heavy atom. The predicted octanol–water partition coefficient (Wildman–Crippen LogP) is 2.96. The molecule has 120 valence electrons. The Morgan fingerprint density at radius 1 is 1.32 bits per heavy atom. The zero-order chi connectivity index (χ0) is 15.6. The third-order valence-electron chi connectivity index (χ3n) is 5.05. The van der Waals surface area contributed by atoms with Crippen molar-refractivity contribution in [1.29, 1.82) is 0 Å². The zero-order valence-corrected chi connectivity index (χ0v) is 13.0. The lowest BCUT2D eigenvalue weighted by molar-refractivity contribution is 0.151. The number of likely N-dealkylation sites (tertiary alicyclic amines) is 1. The van der Waals surface area contributed by atoms with E-state index < -0.39 is 5.82 Å². The van der Waals surface area contributed by atoms with E-state index in [4.69, 9.17) is 0 Å². The molecule has 1 saturated heterocycles. The van der Waals surface area contributed by atoms with Gasteiger partial charge in [0.25, 0.3) is 0 Å². The molecule has 3 nitrogen and oxygen atoms in total. The summed E-state index contributed by atoms with van der Waals surface area (Å²) in [7, 11) is 1.77. The third kappa shape index (κ3) is 3.08. The van der Waals surface area contributed by atoms with Gasteiger partial charge in [-0.15, -0.1) is 0 Å². The largest absolute Gasteiger partial charge is 0.356 e. The molecule has 1 N–H and O–H groups in total.